The van der Waals surface area contributed by atoms with Gasteiger partial charge in [0.25, 0.3) is 5.92 Å². The summed E-state index contributed by atoms with van der Waals surface area (Å²) in [5, 5.41) is 9.11. The average Bonchev–Trinajstić information content (AvgIpc) is 2.41. The van der Waals surface area contributed by atoms with Crippen LogP contribution in [0.5, 0.6) is 5.75 Å². The second-order valence-corrected chi connectivity index (χ2v) is 4.77. The van der Waals surface area contributed by atoms with Crippen molar-refractivity contribution in [2.75, 3.05) is 18.6 Å². The van der Waals surface area contributed by atoms with Gasteiger partial charge in [-0.1, -0.05) is 0 Å². The standard InChI is InChI=1S/C13H13F4NO3/c1-21-11-8(3-2-7(14)10(11)15)18-5-4-13(16,17)6-9(18)12(19)20/h2-3,9H,4-6H2,1H3,(H,19,20). The van der Waals surface area contributed by atoms with Crippen LogP contribution in [-0.4, -0.2) is 36.7 Å². The van der Waals surface area contributed by atoms with E-state index < -0.39 is 48.2 Å². The molecule has 2 rings (SSSR count). The largest absolute Gasteiger partial charge is 0.491 e. The molecule has 1 unspecified atom stereocenters. The molecule has 116 valence electrons. The highest BCUT2D eigenvalue weighted by atomic mass is 19.3. The molecule has 0 bridgehead atoms. The topological polar surface area (TPSA) is 49.8 Å². The molecule has 1 aromatic rings. The molecule has 0 radical (unpaired) electrons. The highest BCUT2D eigenvalue weighted by Crippen LogP contribution is 2.39. The number of anilines is 1. The van der Waals surface area contributed by atoms with E-state index in [1.54, 1.807) is 0 Å². The van der Waals surface area contributed by atoms with Crippen LogP contribution < -0.4 is 9.64 Å². The number of alkyl halides is 2. The molecule has 21 heavy (non-hydrogen) atoms. The quantitative estimate of drug-likeness (QED) is 0.872. The Bertz CT molecular complexity index is 565. The van der Waals surface area contributed by atoms with Crippen LogP contribution in [-0.2, 0) is 4.79 Å². The summed E-state index contributed by atoms with van der Waals surface area (Å²) in [4.78, 5) is 12.3. The molecule has 8 heteroatoms. The number of carbonyl (C=O) groups is 1. The Kier molecular flexibility index (Phi) is 3.97. The van der Waals surface area contributed by atoms with Crippen molar-refractivity contribution in [3.05, 3.63) is 23.8 Å². The minimum absolute atomic E-state index is 0.0562. The number of carboxylic acids is 1. The first-order valence-electron chi connectivity index (χ1n) is 6.16. The number of rotatable bonds is 3. The zero-order valence-corrected chi connectivity index (χ0v) is 11.1. The fourth-order valence-corrected chi connectivity index (χ4v) is 2.39. The number of aliphatic carboxylic acids is 1. The van der Waals surface area contributed by atoms with Gasteiger partial charge in [-0.3, -0.25) is 0 Å². The molecule has 0 aromatic heterocycles. The number of carboxylic acid groups (broad SMARTS) is 1. The van der Waals surface area contributed by atoms with Crippen molar-refractivity contribution in [1.82, 2.24) is 0 Å². The Balaban J connectivity index is 2.45. The summed E-state index contributed by atoms with van der Waals surface area (Å²) >= 11 is 0. The molecule has 1 atom stereocenters. The molecule has 1 fully saturated rings. The number of piperidine rings is 1. The molecule has 0 amide bonds. The van der Waals surface area contributed by atoms with Gasteiger partial charge < -0.3 is 14.7 Å². The van der Waals surface area contributed by atoms with Gasteiger partial charge in [-0.15, -0.1) is 0 Å². The van der Waals surface area contributed by atoms with Crippen LogP contribution >= 0.6 is 0 Å². The SMILES string of the molecule is COc1c(N2CCC(F)(F)CC2C(=O)O)ccc(F)c1F. The zero-order valence-electron chi connectivity index (χ0n) is 11.1. The number of hydrogen-bond donors (Lipinski definition) is 1. The highest BCUT2D eigenvalue weighted by molar-refractivity contribution is 5.80. The summed E-state index contributed by atoms with van der Waals surface area (Å²) in [6, 6.07) is 0.391. The highest BCUT2D eigenvalue weighted by Gasteiger charge is 2.44. The molecule has 1 aliphatic heterocycles. The number of halogens is 4. The van der Waals surface area contributed by atoms with Gasteiger partial charge in [0.15, 0.2) is 11.6 Å². The lowest BCUT2D eigenvalue weighted by molar-refractivity contribution is -0.143. The van der Waals surface area contributed by atoms with E-state index in [1.807, 2.05) is 0 Å². The number of methoxy groups -OCH3 is 1. The third-order valence-corrected chi connectivity index (χ3v) is 3.41. The van der Waals surface area contributed by atoms with Crippen LogP contribution in [0, 0.1) is 11.6 Å². The lowest BCUT2D eigenvalue weighted by Crippen LogP contribution is -2.51. The van der Waals surface area contributed by atoms with Crippen molar-refractivity contribution >= 4 is 11.7 Å². The summed E-state index contributed by atoms with van der Waals surface area (Å²) in [5.74, 6) is -7.50. The van der Waals surface area contributed by atoms with Crippen molar-refractivity contribution < 1.29 is 32.2 Å². The second-order valence-electron chi connectivity index (χ2n) is 4.77. The van der Waals surface area contributed by atoms with Crippen LogP contribution in [0.15, 0.2) is 12.1 Å². The summed E-state index contributed by atoms with van der Waals surface area (Å²) in [6.45, 7) is -0.300. The van der Waals surface area contributed by atoms with E-state index in [-0.39, 0.29) is 12.2 Å². The van der Waals surface area contributed by atoms with Crippen LogP contribution in [0.3, 0.4) is 0 Å². The molecule has 1 aliphatic rings. The molecule has 1 saturated heterocycles. The molecule has 1 heterocycles. The van der Waals surface area contributed by atoms with Crippen molar-refractivity contribution in [2.24, 2.45) is 0 Å². The third kappa shape index (κ3) is 2.88. The third-order valence-electron chi connectivity index (χ3n) is 3.41. The maximum atomic E-state index is 13.7. The normalized spacial score (nSPS) is 21.2. The number of benzene rings is 1. The molecule has 4 nitrogen and oxygen atoms in total. The van der Waals surface area contributed by atoms with E-state index in [4.69, 9.17) is 9.84 Å². The van der Waals surface area contributed by atoms with E-state index >= 15 is 0 Å². The first-order chi connectivity index (χ1) is 9.76. The van der Waals surface area contributed by atoms with Gasteiger partial charge >= 0.3 is 5.97 Å². The summed E-state index contributed by atoms with van der Waals surface area (Å²) in [6.07, 6.45) is -1.47. The molecular formula is C13H13F4NO3. The Hall–Kier alpha value is -1.99. The predicted octanol–water partition coefficient (Wildman–Crippen LogP) is 2.66. The Morgan fingerprint density at radius 1 is 1.43 bits per heavy atom. The van der Waals surface area contributed by atoms with E-state index in [1.165, 1.54) is 0 Å². The first-order valence-corrected chi connectivity index (χ1v) is 6.16. The smallest absolute Gasteiger partial charge is 0.326 e. The average molecular weight is 307 g/mol. The Morgan fingerprint density at radius 3 is 2.67 bits per heavy atom. The maximum Gasteiger partial charge on any atom is 0.326 e. The second kappa shape index (κ2) is 5.42. The van der Waals surface area contributed by atoms with Crippen LogP contribution in [0.25, 0.3) is 0 Å². The summed E-state index contributed by atoms with van der Waals surface area (Å²) < 4.78 is 58.4. The van der Waals surface area contributed by atoms with E-state index in [2.05, 4.69) is 0 Å². The fourth-order valence-electron chi connectivity index (χ4n) is 2.39. The Labute approximate surface area is 117 Å². The monoisotopic (exact) mass is 307 g/mol. The maximum absolute atomic E-state index is 13.7. The van der Waals surface area contributed by atoms with Crippen LogP contribution in [0.4, 0.5) is 23.2 Å². The van der Waals surface area contributed by atoms with E-state index in [0.29, 0.717) is 0 Å². The number of nitrogens with zero attached hydrogens (tertiary/aromatic N) is 1. The minimum Gasteiger partial charge on any atom is -0.491 e. The van der Waals surface area contributed by atoms with Gasteiger partial charge in [-0.2, -0.15) is 4.39 Å². The molecular weight excluding hydrogens is 294 g/mol. The predicted molar refractivity (Wildman–Crippen MR) is 65.9 cm³/mol. The van der Waals surface area contributed by atoms with Crippen molar-refractivity contribution in [3.8, 4) is 5.75 Å². The Morgan fingerprint density at radius 2 is 2.10 bits per heavy atom. The van der Waals surface area contributed by atoms with E-state index in [9.17, 15) is 22.4 Å². The van der Waals surface area contributed by atoms with Crippen molar-refractivity contribution in [1.29, 1.82) is 0 Å². The molecule has 0 aliphatic carbocycles. The van der Waals surface area contributed by atoms with Gasteiger partial charge in [0.1, 0.15) is 6.04 Å². The van der Waals surface area contributed by atoms with Crippen LogP contribution in [0.2, 0.25) is 0 Å². The molecule has 1 aromatic carbocycles. The molecule has 0 spiro atoms. The lowest BCUT2D eigenvalue weighted by Gasteiger charge is -2.39. The molecule has 1 N–H and O–H groups in total. The van der Waals surface area contributed by atoms with Crippen LogP contribution in [0.1, 0.15) is 12.8 Å². The van der Waals surface area contributed by atoms with Gasteiger partial charge in [0, 0.05) is 19.4 Å². The van der Waals surface area contributed by atoms with Crippen molar-refractivity contribution in [2.45, 2.75) is 24.8 Å². The molecule has 0 saturated carbocycles. The zero-order chi connectivity index (χ0) is 15.8. The minimum atomic E-state index is -3.11. The fraction of sp³-hybridized carbons (Fsp3) is 0.462. The van der Waals surface area contributed by atoms with Crippen molar-refractivity contribution in [3.63, 3.8) is 0 Å². The van der Waals surface area contributed by atoms with E-state index in [0.717, 1.165) is 24.1 Å². The lowest BCUT2D eigenvalue weighted by atomic mass is 9.97. The summed E-state index contributed by atoms with van der Waals surface area (Å²) in [5.41, 5.74) is -0.0562. The number of hydrogen-bond acceptors (Lipinski definition) is 3. The van der Waals surface area contributed by atoms with Gasteiger partial charge in [0.05, 0.1) is 12.8 Å². The van der Waals surface area contributed by atoms with Gasteiger partial charge in [-0.25, -0.2) is 18.0 Å². The van der Waals surface area contributed by atoms with Gasteiger partial charge in [-0.05, 0) is 12.1 Å². The first kappa shape index (κ1) is 15.4. The number of ether oxygens (including phenoxy) is 1. The summed E-state index contributed by atoms with van der Waals surface area (Å²) in [7, 11) is 1.09. The van der Waals surface area contributed by atoms with Gasteiger partial charge in [0.2, 0.25) is 5.82 Å².